The lowest BCUT2D eigenvalue weighted by atomic mass is 9.85. The van der Waals surface area contributed by atoms with Crippen LogP contribution in [0.2, 0.25) is 0 Å². The van der Waals surface area contributed by atoms with Crippen LogP contribution >= 0.6 is 12.4 Å². The molecule has 0 aromatic carbocycles. The third-order valence-corrected chi connectivity index (χ3v) is 2.45. The van der Waals surface area contributed by atoms with Gasteiger partial charge in [0.25, 0.3) is 0 Å². The Morgan fingerprint density at radius 1 is 1.31 bits per heavy atom. The number of carbonyl (C=O) groups is 1. The number of rotatable bonds is 6. The number of carboxylic acid groups (broad SMARTS) is 1. The van der Waals surface area contributed by atoms with Crippen molar-refractivity contribution in [1.82, 2.24) is 0 Å². The van der Waals surface area contributed by atoms with E-state index in [1.165, 1.54) is 0 Å². The summed E-state index contributed by atoms with van der Waals surface area (Å²) in [6.45, 7) is 4.65. The van der Waals surface area contributed by atoms with E-state index in [1.807, 2.05) is 0 Å². The average molecular weight is 210 g/mol. The molecule has 80 valence electrons. The van der Waals surface area contributed by atoms with E-state index in [1.54, 1.807) is 0 Å². The van der Waals surface area contributed by atoms with E-state index in [0.717, 1.165) is 12.8 Å². The summed E-state index contributed by atoms with van der Waals surface area (Å²) in [5.74, 6) is -0.124. The summed E-state index contributed by atoms with van der Waals surface area (Å²) < 4.78 is 0. The number of nitrogens with two attached hydrogens (primary N) is 1. The molecule has 0 radical (unpaired) electrons. The molecule has 0 amide bonds. The molecule has 13 heavy (non-hydrogen) atoms. The molecule has 3 N–H and O–H groups in total. The van der Waals surface area contributed by atoms with Crippen LogP contribution in [-0.4, -0.2) is 17.6 Å². The van der Waals surface area contributed by atoms with E-state index < -0.39 is 5.97 Å². The van der Waals surface area contributed by atoms with Crippen LogP contribution in [0.3, 0.4) is 0 Å². The second kappa shape index (κ2) is 8.32. The molecule has 0 aliphatic carbocycles. The van der Waals surface area contributed by atoms with E-state index in [4.69, 9.17) is 10.8 Å². The van der Waals surface area contributed by atoms with Gasteiger partial charge in [-0.05, 0) is 18.4 Å². The van der Waals surface area contributed by atoms with Gasteiger partial charge in [0, 0.05) is 6.42 Å². The Morgan fingerprint density at radius 3 is 2.00 bits per heavy atom. The van der Waals surface area contributed by atoms with Crippen molar-refractivity contribution >= 4 is 18.4 Å². The average Bonchev–Trinajstić information content (AvgIpc) is 2.04. The van der Waals surface area contributed by atoms with Crippen molar-refractivity contribution in [2.75, 3.05) is 6.54 Å². The maximum absolute atomic E-state index is 10.4. The molecule has 0 heterocycles. The van der Waals surface area contributed by atoms with Gasteiger partial charge in [-0.1, -0.05) is 26.7 Å². The van der Waals surface area contributed by atoms with Gasteiger partial charge in [-0.25, -0.2) is 0 Å². The van der Waals surface area contributed by atoms with E-state index in [-0.39, 0.29) is 24.7 Å². The van der Waals surface area contributed by atoms with Crippen LogP contribution in [0.15, 0.2) is 0 Å². The Hall–Kier alpha value is -0.280. The first-order valence-electron chi connectivity index (χ1n) is 4.57. The number of halogens is 1. The molecule has 0 fully saturated rings. The van der Waals surface area contributed by atoms with Gasteiger partial charge < -0.3 is 10.8 Å². The summed E-state index contributed by atoms with van der Waals surface area (Å²) in [6, 6.07) is 0. The Morgan fingerprint density at radius 2 is 1.77 bits per heavy atom. The summed E-state index contributed by atoms with van der Waals surface area (Å²) in [5, 5.41) is 8.60. The molecule has 0 rings (SSSR count). The fraction of sp³-hybridized carbons (Fsp3) is 0.889. The minimum Gasteiger partial charge on any atom is -0.481 e. The van der Waals surface area contributed by atoms with Crippen molar-refractivity contribution in [3.8, 4) is 0 Å². The number of carboxylic acids is 1. The van der Waals surface area contributed by atoms with Gasteiger partial charge in [-0.15, -0.1) is 12.4 Å². The highest BCUT2D eigenvalue weighted by molar-refractivity contribution is 5.85. The van der Waals surface area contributed by atoms with Gasteiger partial charge in [0.1, 0.15) is 0 Å². The van der Waals surface area contributed by atoms with E-state index in [2.05, 4.69) is 13.8 Å². The zero-order valence-electron chi connectivity index (χ0n) is 8.32. The predicted octanol–water partition coefficient (Wildman–Crippen LogP) is 1.89. The number of hydrogen-bond acceptors (Lipinski definition) is 2. The van der Waals surface area contributed by atoms with Crippen LogP contribution in [0.25, 0.3) is 0 Å². The van der Waals surface area contributed by atoms with Crippen LogP contribution in [0.1, 0.15) is 33.1 Å². The monoisotopic (exact) mass is 209 g/mol. The summed E-state index contributed by atoms with van der Waals surface area (Å²) in [4.78, 5) is 10.4. The van der Waals surface area contributed by atoms with Crippen LogP contribution < -0.4 is 5.73 Å². The van der Waals surface area contributed by atoms with Gasteiger partial charge in [0.05, 0.1) is 0 Å². The van der Waals surface area contributed by atoms with Crippen LogP contribution in [0.5, 0.6) is 0 Å². The Balaban J connectivity index is 0. The quantitative estimate of drug-likeness (QED) is 0.703. The third kappa shape index (κ3) is 5.88. The van der Waals surface area contributed by atoms with E-state index in [0.29, 0.717) is 12.5 Å². The zero-order valence-corrected chi connectivity index (χ0v) is 9.14. The molecule has 4 heteroatoms. The maximum atomic E-state index is 10.4. The SMILES string of the molecule is CCC(CC)C(CN)CC(=O)O.Cl. The van der Waals surface area contributed by atoms with Crippen molar-refractivity contribution in [2.24, 2.45) is 17.6 Å². The summed E-state index contributed by atoms with van der Waals surface area (Å²) in [7, 11) is 0. The van der Waals surface area contributed by atoms with Gasteiger partial charge in [-0.3, -0.25) is 4.79 Å². The van der Waals surface area contributed by atoms with Crippen molar-refractivity contribution in [1.29, 1.82) is 0 Å². The lowest BCUT2D eigenvalue weighted by Gasteiger charge is -2.21. The van der Waals surface area contributed by atoms with Crippen LogP contribution in [-0.2, 0) is 4.79 Å². The molecule has 0 saturated heterocycles. The van der Waals surface area contributed by atoms with Gasteiger partial charge in [-0.2, -0.15) is 0 Å². The molecule has 0 aromatic heterocycles. The Kier molecular flexibility index (Phi) is 9.74. The highest BCUT2D eigenvalue weighted by Crippen LogP contribution is 2.21. The number of aliphatic carboxylic acids is 1. The Labute approximate surface area is 86.1 Å². The first-order chi connectivity index (χ1) is 5.65. The fourth-order valence-corrected chi connectivity index (χ4v) is 1.62. The fourth-order valence-electron chi connectivity index (χ4n) is 1.62. The molecule has 0 bridgehead atoms. The number of hydrogen-bond donors (Lipinski definition) is 2. The Bertz CT molecular complexity index is 138. The predicted molar refractivity (Wildman–Crippen MR) is 56.1 cm³/mol. The molecule has 0 saturated carbocycles. The van der Waals surface area contributed by atoms with Crippen LogP contribution in [0, 0.1) is 11.8 Å². The molecular weight excluding hydrogens is 190 g/mol. The highest BCUT2D eigenvalue weighted by Gasteiger charge is 2.19. The standard InChI is InChI=1S/C9H19NO2.ClH/c1-3-7(4-2)8(6-10)5-9(11)12;/h7-8H,3-6,10H2,1-2H3,(H,11,12);1H. The molecule has 0 aliphatic rings. The minimum atomic E-state index is -0.739. The van der Waals surface area contributed by atoms with E-state index in [9.17, 15) is 4.79 Å². The summed E-state index contributed by atoms with van der Waals surface area (Å²) >= 11 is 0. The zero-order chi connectivity index (χ0) is 9.56. The lowest BCUT2D eigenvalue weighted by molar-refractivity contribution is -0.138. The molecule has 0 spiro atoms. The van der Waals surface area contributed by atoms with E-state index >= 15 is 0 Å². The molecule has 3 nitrogen and oxygen atoms in total. The minimum absolute atomic E-state index is 0. The topological polar surface area (TPSA) is 63.3 Å². The summed E-state index contributed by atoms with van der Waals surface area (Å²) in [6.07, 6.45) is 2.25. The lowest BCUT2D eigenvalue weighted by Crippen LogP contribution is -2.25. The summed E-state index contributed by atoms with van der Waals surface area (Å²) in [5.41, 5.74) is 5.51. The first kappa shape index (κ1) is 15.2. The second-order valence-electron chi connectivity index (χ2n) is 3.17. The molecule has 0 aromatic rings. The molecular formula is C9H20ClNO2. The van der Waals surface area contributed by atoms with Gasteiger partial charge in [0.2, 0.25) is 0 Å². The van der Waals surface area contributed by atoms with Gasteiger partial charge >= 0.3 is 5.97 Å². The molecule has 1 unspecified atom stereocenters. The largest absolute Gasteiger partial charge is 0.481 e. The molecule has 0 aliphatic heterocycles. The van der Waals surface area contributed by atoms with Crippen molar-refractivity contribution in [3.63, 3.8) is 0 Å². The normalized spacial score (nSPS) is 12.3. The van der Waals surface area contributed by atoms with Gasteiger partial charge in [0.15, 0.2) is 0 Å². The first-order valence-corrected chi connectivity index (χ1v) is 4.57. The second-order valence-corrected chi connectivity index (χ2v) is 3.17. The third-order valence-electron chi connectivity index (χ3n) is 2.45. The maximum Gasteiger partial charge on any atom is 0.303 e. The highest BCUT2D eigenvalue weighted by atomic mass is 35.5. The smallest absolute Gasteiger partial charge is 0.303 e. The van der Waals surface area contributed by atoms with Crippen LogP contribution in [0.4, 0.5) is 0 Å². The molecule has 1 atom stereocenters. The van der Waals surface area contributed by atoms with Crippen molar-refractivity contribution in [2.45, 2.75) is 33.1 Å². The van der Waals surface area contributed by atoms with Crippen molar-refractivity contribution in [3.05, 3.63) is 0 Å². The van der Waals surface area contributed by atoms with Crippen molar-refractivity contribution < 1.29 is 9.90 Å².